The summed E-state index contributed by atoms with van der Waals surface area (Å²) < 4.78 is 37.9. The van der Waals surface area contributed by atoms with Crippen molar-refractivity contribution in [2.75, 3.05) is 0 Å². The third-order valence-electron chi connectivity index (χ3n) is 2.64. The van der Waals surface area contributed by atoms with Crippen molar-refractivity contribution in [3.8, 4) is 11.3 Å². The maximum Gasteiger partial charge on any atom is 0.417 e. The molecule has 1 aromatic carbocycles. The highest BCUT2D eigenvalue weighted by Crippen LogP contribution is 2.37. The molecule has 0 amide bonds. The predicted octanol–water partition coefficient (Wildman–Crippen LogP) is 4.77. The number of aromatic nitrogens is 1. The van der Waals surface area contributed by atoms with E-state index in [-0.39, 0.29) is 21.3 Å². The Balaban J connectivity index is 2.73. The Morgan fingerprint density at radius 1 is 1.19 bits per heavy atom. The van der Waals surface area contributed by atoms with Gasteiger partial charge in [-0.2, -0.15) is 13.2 Å². The first-order chi connectivity index (χ1) is 9.71. The number of carbonyl (C=O) groups is 1. The standard InChI is InChI=1S/C13H6Cl2F3NO2/c14-8-2-1-3-9(15)10(8)11-7(12(20)21)4-6(5-19-11)13(16,17)18/h1-5H,(H,20,21). The van der Waals surface area contributed by atoms with Crippen molar-refractivity contribution in [3.05, 3.63) is 51.6 Å². The number of halogens is 5. The summed E-state index contributed by atoms with van der Waals surface area (Å²) in [5.41, 5.74) is -1.93. The second kappa shape index (κ2) is 5.54. The Morgan fingerprint density at radius 2 is 1.76 bits per heavy atom. The van der Waals surface area contributed by atoms with Gasteiger partial charge in [-0.3, -0.25) is 4.98 Å². The van der Waals surface area contributed by atoms with E-state index in [9.17, 15) is 18.0 Å². The molecule has 0 saturated heterocycles. The molecule has 0 spiro atoms. The van der Waals surface area contributed by atoms with E-state index in [0.717, 1.165) is 0 Å². The second-order valence-electron chi connectivity index (χ2n) is 4.02. The van der Waals surface area contributed by atoms with E-state index >= 15 is 0 Å². The molecular formula is C13H6Cl2F3NO2. The molecule has 0 aliphatic rings. The quantitative estimate of drug-likeness (QED) is 0.859. The summed E-state index contributed by atoms with van der Waals surface area (Å²) in [6.45, 7) is 0. The van der Waals surface area contributed by atoms with Gasteiger partial charge in [0.15, 0.2) is 0 Å². The smallest absolute Gasteiger partial charge is 0.417 e. The minimum atomic E-state index is -4.69. The molecule has 1 heterocycles. The molecule has 3 nitrogen and oxygen atoms in total. The molecule has 0 atom stereocenters. The van der Waals surface area contributed by atoms with Crippen LogP contribution in [-0.2, 0) is 6.18 Å². The van der Waals surface area contributed by atoms with E-state index in [0.29, 0.717) is 12.3 Å². The maximum absolute atomic E-state index is 12.6. The summed E-state index contributed by atoms with van der Waals surface area (Å²) in [4.78, 5) is 14.8. The Morgan fingerprint density at radius 3 is 2.24 bits per heavy atom. The van der Waals surface area contributed by atoms with Crippen molar-refractivity contribution < 1.29 is 23.1 Å². The van der Waals surface area contributed by atoms with Crippen LogP contribution >= 0.6 is 23.2 Å². The van der Waals surface area contributed by atoms with Gasteiger partial charge < -0.3 is 5.11 Å². The van der Waals surface area contributed by atoms with Crippen molar-refractivity contribution in [2.24, 2.45) is 0 Å². The Kier molecular flexibility index (Phi) is 4.11. The van der Waals surface area contributed by atoms with E-state index in [1.54, 1.807) is 0 Å². The first-order valence-electron chi connectivity index (χ1n) is 5.46. The average Bonchev–Trinajstić information content (AvgIpc) is 2.37. The lowest BCUT2D eigenvalue weighted by Gasteiger charge is -2.12. The van der Waals surface area contributed by atoms with Crippen LogP contribution in [0, 0.1) is 0 Å². The highest BCUT2D eigenvalue weighted by molar-refractivity contribution is 6.39. The SMILES string of the molecule is O=C(O)c1cc(C(F)(F)F)cnc1-c1c(Cl)cccc1Cl. The summed E-state index contributed by atoms with van der Waals surface area (Å²) in [6, 6.07) is 4.91. The van der Waals surface area contributed by atoms with Crippen LogP contribution in [0.2, 0.25) is 10.0 Å². The van der Waals surface area contributed by atoms with Gasteiger partial charge in [0.2, 0.25) is 0 Å². The predicted molar refractivity (Wildman–Crippen MR) is 71.7 cm³/mol. The number of hydrogen-bond acceptors (Lipinski definition) is 2. The lowest BCUT2D eigenvalue weighted by Crippen LogP contribution is -2.10. The fourth-order valence-electron chi connectivity index (χ4n) is 1.71. The molecule has 0 aliphatic heterocycles. The summed E-state index contributed by atoms with van der Waals surface area (Å²) in [5, 5.41) is 9.29. The van der Waals surface area contributed by atoms with E-state index in [1.807, 2.05) is 0 Å². The van der Waals surface area contributed by atoms with E-state index in [1.165, 1.54) is 18.2 Å². The van der Waals surface area contributed by atoms with Crippen LogP contribution in [0.3, 0.4) is 0 Å². The first kappa shape index (κ1) is 15.6. The van der Waals surface area contributed by atoms with E-state index < -0.39 is 23.3 Å². The highest BCUT2D eigenvalue weighted by atomic mass is 35.5. The van der Waals surface area contributed by atoms with Gasteiger partial charge in [-0.25, -0.2) is 4.79 Å². The second-order valence-corrected chi connectivity index (χ2v) is 4.83. The minimum Gasteiger partial charge on any atom is -0.478 e. The molecule has 0 aliphatic carbocycles. The molecule has 0 radical (unpaired) electrons. The number of carboxylic acid groups (broad SMARTS) is 1. The number of rotatable bonds is 2. The number of benzene rings is 1. The van der Waals surface area contributed by atoms with Gasteiger partial charge in [0.05, 0.1) is 26.9 Å². The molecule has 0 saturated carbocycles. The van der Waals surface area contributed by atoms with Gasteiger partial charge in [0, 0.05) is 11.8 Å². The van der Waals surface area contributed by atoms with Gasteiger partial charge in [-0.15, -0.1) is 0 Å². The largest absolute Gasteiger partial charge is 0.478 e. The first-order valence-corrected chi connectivity index (χ1v) is 6.22. The van der Waals surface area contributed by atoms with Crippen LogP contribution in [0.1, 0.15) is 15.9 Å². The van der Waals surface area contributed by atoms with Crippen LogP contribution in [0.4, 0.5) is 13.2 Å². The fourth-order valence-corrected chi connectivity index (χ4v) is 2.28. The molecular weight excluding hydrogens is 330 g/mol. The average molecular weight is 336 g/mol. The van der Waals surface area contributed by atoms with Crippen LogP contribution < -0.4 is 0 Å². The Labute approximate surface area is 126 Å². The van der Waals surface area contributed by atoms with E-state index in [2.05, 4.69) is 4.98 Å². The monoisotopic (exact) mass is 335 g/mol. The van der Waals surface area contributed by atoms with Gasteiger partial charge in [-0.1, -0.05) is 29.3 Å². The van der Waals surface area contributed by atoms with Crippen molar-refractivity contribution >= 4 is 29.2 Å². The molecule has 1 N–H and O–H groups in total. The number of nitrogens with zero attached hydrogens (tertiary/aromatic N) is 1. The van der Waals surface area contributed by atoms with Crippen molar-refractivity contribution in [1.82, 2.24) is 4.98 Å². The van der Waals surface area contributed by atoms with Gasteiger partial charge in [-0.05, 0) is 18.2 Å². The Hall–Kier alpha value is -1.79. The number of hydrogen-bond donors (Lipinski definition) is 1. The molecule has 21 heavy (non-hydrogen) atoms. The third kappa shape index (κ3) is 3.11. The topological polar surface area (TPSA) is 50.2 Å². The van der Waals surface area contributed by atoms with E-state index in [4.69, 9.17) is 28.3 Å². The maximum atomic E-state index is 12.6. The van der Waals surface area contributed by atoms with Crippen LogP contribution in [-0.4, -0.2) is 16.1 Å². The molecule has 0 unspecified atom stereocenters. The molecule has 2 aromatic rings. The molecule has 110 valence electrons. The molecule has 2 rings (SSSR count). The van der Waals surface area contributed by atoms with Crippen LogP contribution in [0.25, 0.3) is 11.3 Å². The lowest BCUT2D eigenvalue weighted by atomic mass is 10.0. The van der Waals surface area contributed by atoms with Crippen molar-refractivity contribution in [3.63, 3.8) is 0 Å². The zero-order valence-electron chi connectivity index (χ0n) is 10.1. The summed E-state index contributed by atoms with van der Waals surface area (Å²) in [6.07, 6.45) is -4.15. The molecule has 8 heteroatoms. The Bertz CT molecular complexity index is 697. The van der Waals surface area contributed by atoms with Crippen molar-refractivity contribution in [2.45, 2.75) is 6.18 Å². The number of alkyl halides is 3. The zero-order valence-corrected chi connectivity index (χ0v) is 11.6. The van der Waals surface area contributed by atoms with Gasteiger partial charge in [0.25, 0.3) is 0 Å². The third-order valence-corrected chi connectivity index (χ3v) is 3.27. The summed E-state index contributed by atoms with van der Waals surface area (Å²) >= 11 is 11.9. The molecule has 0 bridgehead atoms. The number of carboxylic acids is 1. The van der Waals surface area contributed by atoms with Crippen LogP contribution in [0.15, 0.2) is 30.5 Å². The minimum absolute atomic E-state index is 0.0759. The number of aromatic carboxylic acids is 1. The lowest BCUT2D eigenvalue weighted by molar-refractivity contribution is -0.137. The van der Waals surface area contributed by atoms with Crippen LogP contribution in [0.5, 0.6) is 0 Å². The fraction of sp³-hybridized carbons (Fsp3) is 0.0769. The molecule has 0 fully saturated rings. The normalized spacial score (nSPS) is 11.5. The highest BCUT2D eigenvalue weighted by Gasteiger charge is 2.33. The summed E-state index contributed by atoms with van der Waals surface area (Å²) in [5.74, 6) is -1.56. The van der Waals surface area contributed by atoms with Gasteiger partial charge in [0.1, 0.15) is 0 Å². The van der Waals surface area contributed by atoms with Crippen molar-refractivity contribution in [1.29, 1.82) is 0 Å². The summed E-state index contributed by atoms with van der Waals surface area (Å²) in [7, 11) is 0. The molecule has 1 aromatic heterocycles. The zero-order chi connectivity index (χ0) is 15.8. The number of pyridine rings is 1. The van der Waals surface area contributed by atoms with Gasteiger partial charge >= 0.3 is 12.1 Å².